The molecule has 0 spiro atoms. The number of piperidine rings is 1. The van der Waals surface area contributed by atoms with Crippen molar-refractivity contribution in [3.8, 4) is 0 Å². The molecule has 13 heavy (non-hydrogen) atoms. The molecule has 0 aromatic carbocycles. The number of aliphatic hydroxyl groups excluding tert-OH is 1. The number of amides is 1. The Bertz CT molecular complexity index is 178. The van der Waals surface area contributed by atoms with Gasteiger partial charge in [0.25, 0.3) is 0 Å². The van der Waals surface area contributed by atoms with Crippen molar-refractivity contribution in [2.24, 2.45) is 5.92 Å². The molecule has 0 bridgehead atoms. The van der Waals surface area contributed by atoms with Gasteiger partial charge in [0, 0.05) is 24.9 Å². The number of nitrogens with zero attached hydrogens (tertiary/aromatic N) is 1. The van der Waals surface area contributed by atoms with Crippen LogP contribution in [0.15, 0.2) is 0 Å². The fraction of sp³-hybridized carbons (Fsp3) is 0.889. The second-order valence-corrected chi connectivity index (χ2v) is 3.92. The second kappa shape index (κ2) is 4.82. The summed E-state index contributed by atoms with van der Waals surface area (Å²) in [5, 5.41) is 9.24. The molecule has 1 heterocycles. The van der Waals surface area contributed by atoms with E-state index in [1.807, 2.05) is 6.92 Å². The van der Waals surface area contributed by atoms with Crippen molar-refractivity contribution >= 4 is 17.5 Å². The van der Waals surface area contributed by atoms with Gasteiger partial charge in [-0.15, -0.1) is 11.6 Å². The van der Waals surface area contributed by atoms with Crippen molar-refractivity contribution in [3.05, 3.63) is 0 Å². The molecule has 1 atom stereocenters. The molecule has 1 fully saturated rings. The average Bonchev–Trinajstić information content (AvgIpc) is 2.17. The van der Waals surface area contributed by atoms with Gasteiger partial charge >= 0.3 is 0 Å². The third-order valence-corrected chi connectivity index (χ3v) is 2.89. The summed E-state index contributed by atoms with van der Waals surface area (Å²) in [6.45, 7) is 3.17. The van der Waals surface area contributed by atoms with E-state index in [4.69, 9.17) is 11.6 Å². The van der Waals surface area contributed by atoms with E-state index in [-0.39, 0.29) is 17.9 Å². The third kappa shape index (κ3) is 2.85. The van der Waals surface area contributed by atoms with E-state index in [1.54, 1.807) is 4.90 Å². The van der Waals surface area contributed by atoms with E-state index in [9.17, 15) is 9.90 Å². The van der Waals surface area contributed by atoms with E-state index in [1.165, 1.54) is 0 Å². The lowest BCUT2D eigenvalue weighted by molar-refractivity contribution is -0.136. The lowest BCUT2D eigenvalue weighted by atomic mass is 10.1. The van der Waals surface area contributed by atoms with E-state index >= 15 is 0 Å². The number of carbonyl (C=O) groups excluding carboxylic acids is 1. The van der Waals surface area contributed by atoms with Crippen molar-refractivity contribution in [1.29, 1.82) is 0 Å². The Morgan fingerprint density at radius 3 is 2.62 bits per heavy atom. The maximum atomic E-state index is 11.6. The molecule has 1 amide bonds. The highest BCUT2D eigenvalue weighted by Gasteiger charge is 2.24. The summed E-state index contributed by atoms with van der Waals surface area (Å²) in [5.74, 6) is 0.386. The van der Waals surface area contributed by atoms with Gasteiger partial charge < -0.3 is 10.0 Å². The molecular formula is C9H16ClNO2. The Kier molecular flexibility index (Phi) is 4.00. The van der Waals surface area contributed by atoms with Gasteiger partial charge in [0.15, 0.2) is 0 Å². The van der Waals surface area contributed by atoms with Crippen LogP contribution < -0.4 is 0 Å². The molecule has 1 aliphatic heterocycles. The maximum absolute atomic E-state index is 11.6. The van der Waals surface area contributed by atoms with E-state index in [0.717, 1.165) is 0 Å². The minimum atomic E-state index is -0.227. The monoisotopic (exact) mass is 205 g/mol. The van der Waals surface area contributed by atoms with Gasteiger partial charge in [0.2, 0.25) is 5.91 Å². The van der Waals surface area contributed by atoms with Gasteiger partial charge in [-0.05, 0) is 12.8 Å². The minimum absolute atomic E-state index is 0.100. The van der Waals surface area contributed by atoms with Gasteiger partial charge in [-0.3, -0.25) is 4.79 Å². The predicted octanol–water partition coefficient (Wildman–Crippen LogP) is 0.845. The fourth-order valence-electron chi connectivity index (χ4n) is 1.46. The van der Waals surface area contributed by atoms with Gasteiger partial charge in [-0.2, -0.15) is 0 Å². The Hall–Kier alpha value is -0.280. The van der Waals surface area contributed by atoms with Crippen LogP contribution in [-0.4, -0.2) is 41.0 Å². The SMILES string of the molecule is CC(CCl)C(=O)N1CCC(O)CC1. The molecule has 1 aliphatic rings. The van der Waals surface area contributed by atoms with E-state index < -0.39 is 0 Å². The van der Waals surface area contributed by atoms with Crippen molar-refractivity contribution < 1.29 is 9.90 Å². The minimum Gasteiger partial charge on any atom is -0.393 e. The largest absolute Gasteiger partial charge is 0.393 e. The number of hydrogen-bond donors (Lipinski definition) is 1. The highest BCUT2D eigenvalue weighted by Crippen LogP contribution is 2.13. The molecule has 0 radical (unpaired) electrons. The molecule has 0 saturated carbocycles. The van der Waals surface area contributed by atoms with Crippen molar-refractivity contribution in [2.75, 3.05) is 19.0 Å². The molecule has 0 aliphatic carbocycles. The van der Waals surface area contributed by atoms with Crippen LogP contribution in [0.5, 0.6) is 0 Å². The van der Waals surface area contributed by atoms with Crippen LogP contribution in [0.3, 0.4) is 0 Å². The van der Waals surface area contributed by atoms with Crippen LogP contribution in [0.4, 0.5) is 0 Å². The molecule has 0 aromatic heterocycles. The molecule has 0 aromatic rings. The van der Waals surface area contributed by atoms with Gasteiger partial charge in [0.1, 0.15) is 0 Å². The van der Waals surface area contributed by atoms with Gasteiger partial charge in [-0.1, -0.05) is 6.92 Å². The van der Waals surface area contributed by atoms with Crippen LogP contribution in [0.1, 0.15) is 19.8 Å². The van der Waals surface area contributed by atoms with Crippen LogP contribution >= 0.6 is 11.6 Å². The van der Waals surface area contributed by atoms with E-state index in [2.05, 4.69) is 0 Å². The standard InChI is InChI=1S/C9H16ClNO2/c1-7(6-10)9(13)11-4-2-8(12)3-5-11/h7-8,12H,2-6H2,1H3. The lowest BCUT2D eigenvalue weighted by Gasteiger charge is -2.31. The lowest BCUT2D eigenvalue weighted by Crippen LogP contribution is -2.42. The zero-order valence-corrected chi connectivity index (χ0v) is 8.63. The fourth-order valence-corrected chi connectivity index (χ4v) is 1.60. The third-order valence-electron chi connectivity index (χ3n) is 2.43. The summed E-state index contributed by atoms with van der Waals surface area (Å²) in [6.07, 6.45) is 1.16. The van der Waals surface area contributed by atoms with Gasteiger partial charge in [-0.25, -0.2) is 0 Å². The number of aliphatic hydroxyl groups is 1. The molecule has 3 nitrogen and oxygen atoms in total. The highest BCUT2D eigenvalue weighted by molar-refractivity contribution is 6.19. The Morgan fingerprint density at radius 2 is 2.15 bits per heavy atom. The first-order valence-electron chi connectivity index (χ1n) is 4.68. The highest BCUT2D eigenvalue weighted by atomic mass is 35.5. The molecule has 1 unspecified atom stereocenters. The number of carbonyl (C=O) groups is 1. The van der Waals surface area contributed by atoms with Crippen molar-refractivity contribution in [2.45, 2.75) is 25.9 Å². The van der Waals surface area contributed by atoms with Crippen molar-refractivity contribution in [3.63, 3.8) is 0 Å². The summed E-state index contributed by atoms with van der Waals surface area (Å²) in [5.41, 5.74) is 0. The summed E-state index contributed by atoms with van der Waals surface area (Å²) >= 11 is 5.60. The summed E-state index contributed by atoms with van der Waals surface area (Å²) in [6, 6.07) is 0. The molecule has 1 saturated heterocycles. The summed E-state index contributed by atoms with van der Waals surface area (Å²) in [7, 11) is 0. The predicted molar refractivity (Wildman–Crippen MR) is 51.7 cm³/mol. The molecular weight excluding hydrogens is 190 g/mol. The second-order valence-electron chi connectivity index (χ2n) is 3.61. The summed E-state index contributed by atoms with van der Waals surface area (Å²) < 4.78 is 0. The topological polar surface area (TPSA) is 40.5 Å². The number of alkyl halides is 1. The van der Waals surface area contributed by atoms with E-state index in [0.29, 0.717) is 31.8 Å². The smallest absolute Gasteiger partial charge is 0.226 e. The zero-order valence-electron chi connectivity index (χ0n) is 7.87. The molecule has 76 valence electrons. The normalized spacial score (nSPS) is 21.6. The van der Waals surface area contributed by atoms with Gasteiger partial charge in [0.05, 0.1) is 6.10 Å². The zero-order chi connectivity index (χ0) is 9.84. The average molecular weight is 206 g/mol. The first kappa shape index (κ1) is 10.8. The van der Waals surface area contributed by atoms with Crippen LogP contribution in [0.25, 0.3) is 0 Å². The number of hydrogen-bond acceptors (Lipinski definition) is 2. The number of rotatable bonds is 2. The number of halogens is 1. The molecule has 4 heteroatoms. The first-order valence-corrected chi connectivity index (χ1v) is 5.21. The Labute approximate surface area is 83.7 Å². The molecule has 1 rings (SSSR count). The van der Waals surface area contributed by atoms with Crippen LogP contribution in [0, 0.1) is 5.92 Å². The Balaban J connectivity index is 2.40. The quantitative estimate of drug-likeness (QED) is 0.679. The van der Waals surface area contributed by atoms with Crippen LogP contribution in [-0.2, 0) is 4.79 Å². The maximum Gasteiger partial charge on any atom is 0.226 e. The number of likely N-dealkylation sites (tertiary alicyclic amines) is 1. The first-order chi connectivity index (χ1) is 6.15. The summed E-state index contributed by atoms with van der Waals surface area (Å²) in [4.78, 5) is 13.4. The molecule has 1 N–H and O–H groups in total. The Morgan fingerprint density at radius 1 is 1.62 bits per heavy atom. The van der Waals surface area contributed by atoms with Crippen LogP contribution in [0.2, 0.25) is 0 Å². The van der Waals surface area contributed by atoms with Crippen molar-refractivity contribution in [1.82, 2.24) is 4.90 Å².